The molecule has 1 saturated heterocycles. The molecule has 1 aliphatic rings. The molecule has 2 atom stereocenters. The molecule has 0 spiro atoms. The highest BCUT2D eigenvalue weighted by Crippen LogP contribution is 2.19. The third-order valence-electron chi connectivity index (χ3n) is 3.57. The fourth-order valence-corrected chi connectivity index (χ4v) is 2.92. The number of benzene rings is 1. The van der Waals surface area contributed by atoms with Crippen molar-refractivity contribution in [1.82, 2.24) is 10.3 Å². The lowest BCUT2D eigenvalue weighted by Crippen LogP contribution is -2.53. The molecule has 3 rings (SSSR count). The summed E-state index contributed by atoms with van der Waals surface area (Å²) in [7, 11) is 0. The number of amides is 1. The van der Waals surface area contributed by atoms with Crippen molar-refractivity contribution >= 4 is 47.7 Å². The molecule has 1 aromatic heterocycles. The highest BCUT2D eigenvalue weighted by Gasteiger charge is 2.28. The minimum Gasteiger partial charge on any atom is -0.487 e. The average molecular weight is 406 g/mol. The van der Waals surface area contributed by atoms with Crippen LogP contribution in [0.5, 0.6) is 5.75 Å². The van der Waals surface area contributed by atoms with E-state index >= 15 is 0 Å². The minimum absolute atomic E-state index is 0. The van der Waals surface area contributed by atoms with Crippen molar-refractivity contribution in [3.8, 4) is 5.75 Å². The number of nitrogens with one attached hydrogen (secondary N) is 2. The zero-order valence-corrected chi connectivity index (χ0v) is 16.1. The number of carbonyl (C=O) groups excluding carboxylic acids is 1. The maximum atomic E-state index is 12.3. The Balaban J connectivity index is 0.00000156. The quantitative estimate of drug-likeness (QED) is 0.799. The second-order valence-corrected chi connectivity index (χ2v) is 6.01. The van der Waals surface area contributed by atoms with Crippen molar-refractivity contribution in [1.29, 1.82) is 0 Å². The molecular formula is C16H21Cl2N3O3S. The molecule has 2 N–H and O–H groups in total. The molecular weight excluding hydrogens is 385 g/mol. The summed E-state index contributed by atoms with van der Waals surface area (Å²) in [6, 6.07) is 7.00. The molecule has 1 aliphatic heterocycles. The lowest BCUT2D eigenvalue weighted by atomic mass is 10.1. The topological polar surface area (TPSA) is 72.5 Å². The van der Waals surface area contributed by atoms with Gasteiger partial charge in [-0.25, -0.2) is 4.98 Å². The Kier molecular flexibility index (Phi) is 9.16. The van der Waals surface area contributed by atoms with E-state index in [9.17, 15) is 4.79 Å². The SMILES string of the molecule is C[C@H]1OCCN[C@@H]1C(=O)Nc1cccc(OCc2cscn2)c1.Cl.Cl. The predicted octanol–water partition coefficient (Wildman–Crippen LogP) is 2.88. The number of hydrogen-bond donors (Lipinski definition) is 2. The summed E-state index contributed by atoms with van der Waals surface area (Å²) < 4.78 is 11.2. The predicted molar refractivity (Wildman–Crippen MR) is 103 cm³/mol. The third-order valence-corrected chi connectivity index (χ3v) is 4.21. The van der Waals surface area contributed by atoms with Gasteiger partial charge in [0.05, 0.1) is 23.9 Å². The number of anilines is 1. The molecule has 1 aromatic carbocycles. The second kappa shape index (κ2) is 10.6. The van der Waals surface area contributed by atoms with E-state index in [2.05, 4.69) is 15.6 Å². The molecule has 1 fully saturated rings. The van der Waals surface area contributed by atoms with Crippen LogP contribution in [-0.2, 0) is 16.1 Å². The number of ether oxygens (including phenoxy) is 2. The maximum Gasteiger partial charge on any atom is 0.244 e. The van der Waals surface area contributed by atoms with Gasteiger partial charge in [0.1, 0.15) is 18.4 Å². The molecule has 2 heterocycles. The first-order valence-corrected chi connectivity index (χ1v) is 8.42. The Labute approximate surface area is 163 Å². The number of rotatable bonds is 5. The van der Waals surface area contributed by atoms with E-state index in [-0.39, 0.29) is 42.9 Å². The van der Waals surface area contributed by atoms with Crippen LogP contribution in [0.3, 0.4) is 0 Å². The van der Waals surface area contributed by atoms with Gasteiger partial charge in [-0.15, -0.1) is 36.2 Å². The Bertz CT molecular complexity index is 658. The molecule has 0 aliphatic carbocycles. The van der Waals surface area contributed by atoms with Gasteiger partial charge in [-0.05, 0) is 19.1 Å². The van der Waals surface area contributed by atoms with Crippen molar-refractivity contribution in [3.05, 3.63) is 40.8 Å². The van der Waals surface area contributed by atoms with E-state index in [0.29, 0.717) is 31.2 Å². The zero-order valence-electron chi connectivity index (χ0n) is 13.6. The molecule has 0 saturated carbocycles. The fourth-order valence-electron chi connectivity index (χ4n) is 2.38. The van der Waals surface area contributed by atoms with Gasteiger partial charge in [0, 0.05) is 23.7 Å². The summed E-state index contributed by atoms with van der Waals surface area (Å²) in [5.74, 6) is 0.588. The van der Waals surface area contributed by atoms with Crippen molar-refractivity contribution < 1.29 is 14.3 Å². The minimum atomic E-state index is -0.344. The van der Waals surface area contributed by atoms with Crippen LogP contribution >= 0.6 is 36.2 Å². The molecule has 9 heteroatoms. The Hall–Kier alpha value is -1.38. The summed E-state index contributed by atoms with van der Waals surface area (Å²) in [6.07, 6.45) is -0.146. The van der Waals surface area contributed by atoms with Crippen LogP contribution in [0.4, 0.5) is 5.69 Å². The molecule has 25 heavy (non-hydrogen) atoms. The molecule has 1 amide bonds. The number of hydrogen-bond acceptors (Lipinski definition) is 6. The lowest BCUT2D eigenvalue weighted by Gasteiger charge is -2.29. The standard InChI is InChI=1S/C16H19N3O3S.2ClH/c1-11-15(17-5-6-21-11)16(20)19-12-3-2-4-14(7-12)22-8-13-9-23-10-18-13;;/h2-4,7,9-11,15,17H,5-6,8H2,1H3,(H,19,20);2*1H/t11-,15+;;/m1../s1. The molecule has 138 valence electrons. The summed E-state index contributed by atoms with van der Waals surface area (Å²) in [4.78, 5) is 16.5. The first kappa shape index (κ1) is 21.7. The van der Waals surface area contributed by atoms with Gasteiger partial charge >= 0.3 is 0 Å². The molecule has 0 radical (unpaired) electrons. The summed E-state index contributed by atoms with van der Waals surface area (Å²) in [6.45, 7) is 3.61. The van der Waals surface area contributed by atoms with Crippen LogP contribution in [0, 0.1) is 0 Å². The van der Waals surface area contributed by atoms with E-state index in [4.69, 9.17) is 9.47 Å². The van der Waals surface area contributed by atoms with E-state index < -0.39 is 0 Å². The van der Waals surface area contributed by atoms with Gasteiger partial charge in [-0.3, -0.25) is 4.79 Å². The summed E-state index contributed by atoms with van der Waals surface area (Å²) >= 11 is 1.54. The van der Waals surface area contributed by atoms with E-state index in [0.717, 1.165) is 5.69 Å². The van der Waals surface area contributed by atoms with Crippen LogP contribution in [0.25, 0.3) is 0 Å². The first-order chi connectivity index (χ1) is 11.2. The Morgan fingerprint density at radius 1 is 1.48 bits per heavy atom. The average Bonchev–Trinajstić information content (AvgIpc) is 3.07. The van der Waals surface area contributed by atoms with Gasteiger partial charge in [0.15, 0.2) is 0 Å². The highest BCUT2D eigenvalue weighted by molar-refractivity contribution is 7.07. The number of morpholine rings is 1. The smallest absolute Gasteiger partial charge is 0.244 e. The van der Waals surface area contributed by atoms with Gasteiger partial charge in [-0.2, -0.15) is 0 Å². The van der Waals surface area contributed by atoms with E-state index in [1.807, 2.05) is 30.5 Å². The van der Waals surface area contributed by atoms with Gasteiger partial charge in [0.25, 0.3) is 0 Å². The molecule has 6 nitrogen and oxygen atoms in total. The number of thiazole rings is 1. The van der Waals surface area contributed by atoms with Crippen LogP contribution < -0.4 is 15.4 Å². The summed E-state index contributed by atoms with van der Waals surface area (Å²) in [5.41, 5.74) is 3.36. The number of aromatic nitrogens is 1. The molecule has 2 aromatic rings. The summed E-state index contributed by atoms with van der Waals surface area (Å²) in [5, 5.41) is 8.02. The number of halogens is 2. The van der Waals surface area contributed by atoms with Crippen LogP contribution in [-0.4, -0.2) is 36.2 Å². The van der Waals surface area contributed by atoms with Crippen molar-refractivity contribution in [2.75, 3.05) is 18.5 Å². The lowest BCUT2D eigenvalue weighted by molar-refractivity contribution is -0.123. The molecule has 0 bridgehead atoms. The van der Waals surface area contributed by atoms with Crippen LogP contribution in [0.15, 0.2) is 35.2 Å². The Morgan fingerprint density at radius 2 is 2.32 bits per heavy atom. The Morgan fingerprint density at radius 3 is 3.04 bits per heavy atom. The monoisotopic (exact) mass is 405 g/mol. The van der Waals surface area contributed by atoms with Gasteiger partial charge < -0.3 is 20.1 Å². The first-order valence-electron chi connectivity index (χ1n) is 7.48. The molecule has 0 unspecified atom stereocenters. The van der Waals surface area contributed by atoms with Gasteiger partial charge in [0.2, 0.25) is 5.91 Å². The van der Waals surface area contributed by atoms with Crippen molar-refractivity contribution in [3.63, 3.8) is 0 Å². The van der Waals surface area contributed by atoms with Crippen molar-refractivity contribution in [2.45, 2.75) is 25.7 Å². The number of nitrogens with zero attached hydrogens (tertiary/aromatic N) is 1. The zero-order chi connectivity index (χ0) is 16.1. The maximum absolute atomic E-state index is 12.3. The van der Waals surface area contributed by atoms with Gasteiger partial charge in [-0.1, -0.05) is 6.07 Å². The fraction of sp³-hybridized carbons (Fsp3) is 0.375. The third kappa shape index (κ3) is 6.13. The van der Waals surface area contributed by atoms with E-state index in [1.54, 1.807) is 11.6 Å². The largest absolute Gasteiger partial charge is 0.487 e. The van der Waals surface area contributed by atoms with Crippen LogP contribution in [0.2, 0.25) is 0 Å². The normalized spacial score (nSPS) is 19.2. The van der Waals surface area contributed by atoms with E-state index in [1.165, 1.54) is 11.3 Å². The van der Waals surface area contributed by atoms with Crippen molar-refractivity contribution in [2.24, 2.45) is 0 Å². The van der Waals surface area contributed by atoms with Crippen LogP contribution in [0.1, 0.15) is 12.6 Å². The second-order valence-electron chi connectivity index (χ2n) is 5.29. The number of carbonyl (C=O) groups is 1. The highest BCUT2D eigenvalue weighted by atomic mass is 35.5.